The third-order valence-electron chi connectivity index (χ3n) is 5.23. The first-order chi connectivity index (χ1) is 15.2. The number of pyridine rings is 1. The molecule has 0 atom stereocenters. The quantitative estimate of drug-likeness (QED) is 0.654. The lowest BCUT2D eigenvalue weighted by Gasteiger charge is -2.31. The van der Waals surface area contributed by atoms with Crippen molar-refractivity contribution in [3.63, 3.8) is 0 Å². The molecule has 2 amide bonds. The Bertz CT molecular complexity index is 1040. The van der Waals surface area contributed by atoms with E-state index < -0.39 is 0 Å². The van der Waals surface area contributed by atoms with E-state index in [-0.39, 0.29) is 17.5 Å². The first-order valence-electron chi connectivity index (χ1n) is 10.3. The van der Waals surface area contributed by atoms with Crippen LogP contribution in [-0.2, 0) is 4.79 Å². The van der Waals surface area contributed by atoms with E-state index in [2.05, 4.69) is 15.2 Å². The summed E-state index contributed by atoms with van der Waals surface area (Å²) in [7, 11) is 0. The van der Waals surface area contributed by atoms with Crippen LogP contribution in [0.2, 0.25) is 0 Å². The van der Waals surface area contributed by atoms with Crippen LogP contribution in [0.1, 0.15) is 15.9 Å². The lowest BCUT2D eigenvalue weighted by Crippen LogP contribution is -2.51. The largest absolute Gasteiger partial charge is 0.330 e. The normalized spacial score (nSPS) is 14.3. The van der Waals surface area contributed by atoms with E-state index in [4.69, 9.17) is 0 Å². The van der Waals surface area contributed by atoms with E-state index >= 15 is 0 Å². The van der Waals surface area contributed by atoms with Gasteiger partial charge >= 0.3 is 0 Å². The number of aromatic amines is 1. The van der Waals surface area contributed by atoms with Crippen LogP contribution in [0.4, 0.5) is 5.82 Å². The molecule has 0 unspecified atom stereocenters. The molecule has 6 heteroatoms. The van der Waals surface area contributed by atoms with Gasteiger partial charge in [-0.3, -0.25) is 14.5 Å². The molecule has 3 aromatic rings. The van der Waals surface area contributed by atoms with Crippen LogP contribution >= 0.6 is 0 Å². The number of carbonyl (C=O) groups is 2. The number of nitrogens with zero attached hydrogens (tertiary/aromatic N) is 2. The number of anilines is 1. The highest BCUT2D eigenvalue weighted by Crippen LogP contribution is 2.14. The summed E-state index contributed by atoms with van der Waals surface area (Å²) < 4.78 is 0. The van der Waals surface area contributed by atoms with Gasteiger partial charge in [-0.2, -0.15) is 0 Å². The maximum atomic E-state index is 13.3. The van der Waals surface area contributed by atoms with E-state index in [1.165, 1.54) is 0 Å². The summed E-state index contributed by atoms with van der Waals surface area (Å²) in [5, 5.41) is 2.83. The molecule has 0 bridgehead atoms. The summed E-state index contributed by atoms with van der Waals surface area (Å²) in [5.74, 6) is 0.561. The lowest BCUT2D eigenvalue weighted by atomic mass is 10.1. The van der Waals surface area contributed by atoms with Gasteiger partial charge in [0.2, 0.25) is 0 Å². The smallest absolute Gasteiger partial charge is 0.274 e. The number of aromatic nitrogens is 1. The molecule has 0 spiro atoms. The van der Waals surface area contributed by atoms with Crippen LogP contribution in [0.3, 0.4) is 0 Å². The number of rotatable bonds is 5. The highest BCUT2D eigenvalue weighted by molar-refractivity contribution is 6.05. The van der Waals surface area contributed by atoms with Crippen molar-refractivity contribution in [2.45, 2.75) is 0 Å². The second-order valence-corrected chi connectivity index (χ2v) is 7.32. The van der Waals surface area contributed by atoms with Gasteiger partial charge in [0, 0.05) is 11.6 Å². The Labute approximate surface area is 181 Å². The Kier molecular flexibility index (Phi) is 6.38. The molecule has 2 N–H and O–H groups in total. The molecule has 1 saturated heterocycles. The molecule has 1 aliphatic rings. The van der Waals surface area contributed by atoms with Crippen molar-refractivity contribution in [2.24, 2.45) is 0 Å². The average molecular weight is 414 g/mol. The van der Waals surface area contributed by atoms with E-state index in [0.717, 1.165) is 24.5 Å². The van der Waals surface area contributed by atoms with E-state index in [1.54, 1.807) is 35.2 Å². The average Bonchev–Trinajstić information content (AvgIpc) is 2.85. The number of nitrogens with one attached hydrogen (secondary N) is 2. The summed E-state index contributed by atoms with van der Waals surface area (Å²) in [5.41, 5.74) is 1.65. The van der Waals surface area contributed by atoms with E-state index in [1.807, 2.05) is 60.8 Å². The summed E-state index contributed by atoms with van der Waals surface area (Å²) >= 11 is 0. The molecule has 1 aliphatic heterocycles. The van der Waals surface area contributed by atoms with E-state index in [9.17, 15) is 9.59 Å². The number of carbonyl (C=O) groups excluding carboxylic acids is 2. The molecule has 4 rings (SSSR count). The third kappa shape index (κ3) is 5.17. The molecule has 0 radical (unpaired) electrons. The SMILES string of the molecule is O=C(N/C(=C\c1ccccc1)C(=O)N1CCN(c2cccc[nH+]2)CC1)c1ccccc1. The Morgan fingerprint density at radius 1 is 0.806 bits per heavy atom. The molecule has 156 valence electrons. The maximum absolute atomic E-state index is 13.3. The minimum absolute atomic E-state index is 0.176. The predicted molar refractivity (Wildman–Crippen MR) is 120 cm³/mol. The molecule has 31 heavy (non-hydrogen) atoms. The predicted octanol–water partition coefficient (Wildman–Crippen LogP) is 2.62. The number of benzene rings is 2. The standard InChI is InChI=1S/C25H24N4O2/c30-24(21-11-5-2-6-12-21)27-22(19-20-9-3-1-4-10-20)25(31)29-17-15-28(16-18-29)23-13-7-8-14-26-23/h1-14,19H,15-18H2,(H,27,30)/p+1/b22-19-. The fourth-order valence-corrected chi connectivity index (χ4v) is 3.55. The van der Waals surface area contributed by atoms with Gasteiger partial charge in [0.05, 0.1) is 19.3 Å². The zero-order chi connectivity index (χ0) is 21.5. The van der Waals surface area contributed by atoms with Crippen LogP contribution in [0.25, 0.3) is 6.08 Å². The zero-order valence-electron chi connectivity index (χ0n) is 17.2. The van der Waals surface area contributed by atoms with Crippen molar-refractivity contribution in [1.29, 1.82) is 0 Å². The number of hydrogen-bond donors (Lipinski definition) is 1. The van der Waals surface area contributed by atoms with Crippen molar-refractivity contribution in [2.75, 3.05) is 31.1 Å². The molecule has 2 heterocycles. The summed E-state index contributed by atoms with van der Waals surface area (Å²) in [4.78, 5) is 33.3. The third-order valence-corrected chi connectivity index (χ3v) is 5.23. The monoisotopic (exact) mass is 413 g/mol. The molecule has 1 aromatic heterocycles. The van der Waals surface area contributed by atoms with Gasteiger partial charge in [0.1, 0.15) is 18.8 Å². The van der Waals surface area contributed by atoms with Gasteiger partial charge < -0.3 is 10.2 Å². The number of hydrogen-bond acceptors (Lipinski definition) is 3. The number of amides is 2. The topological polar surface area (TPSA) is 66.8 Å². The molecule has 0 aliphatic carbocycles. The minimum Gasteiger partial charge on any atom is -0.330 e. The van der Waals surface area contributed by atoms with Crippen LogP contribution in [0.5, 0.6) is 0 Å². The van der Waals surface area contributed by atoms with Crippen molar-refractivity contribution in [3.8, 4) is 0 Å². The van der Waals surface area contributed by atoms with Crippen molar-refractivity contribution in [3.05, 3.63) is 102 Å². The minimum atomic E-state index is -0.298. The Balaban J connectivity index is 1.50. The van der Waals surface area contributed by atoms with Crippen LogP contribution in [0.15, 0.2) is 90.8 Å². The first kappa shape index (κ1) is 20.3. The van der Waals surface area contributed by atoms with Crippen LogP contribution in [0, 0.1) is 0 Å². The molecular formula is C25H25N4O2+. The summed E-state index contributed by atoms with van der Waals surface area (Å²) in [6, 6.07) is 24.4. The Hall–Kier alpha value is -3.93. The van der Waals surface area contributed by atoms with Crippen LogP contribution in [-0.4, -0.2) is 42.9 Å². The highest BCUT2D eigenvalue weighted by atomic mass is 16.2. The Morgan fingerprint density at radius 3 is 2.10 bits per heavy atom. The van der Waals surface area contributed by atoms with Crippen molar-refractivity contribution < 1.29 is 14.6 Å². The molecule has 6 nitrogen and oxygen atoms in total. The first-order valence-corrected chi connectivity index (χ1v) is 10.3. The molecule has 1 fully saturated rings. The van der Waals surface area contributed by atoms with E-state index in [0.29, 0.717) is 18.7 Å². The summed E-state index contributed by atoms with van der Waals surface area (Å²) in [6.07, 6.45) is 3.63. The fourth-order valence-electron chi connectivity index (χ4n) is 3.55. The van der Waals surface area contributed by atoms with Gasteiger partial charge in [-0.1, -0.05) is 54.6 Å². The molecular weight excluding hydrogens is 388 g/mol. The van der Waals surface area contributed by atoms with Crippen LogP contribution < -0.4 is 15.2 Å². The Morgan fingerprint density at radius 2 is 1.45 bits per heavy atom. The van der Waals surface area contributed by atoms with Gasteiger partial charge in [-0.15, -0.1) is 0 Å². The maximum Gasteiger partial charge on any atom is 0.274 e. The van der Waals surface area contributed by atoms with Gasteiger partial charge in [0.15, 0.2) is 0 Å². The van der Waals surface area contributed by atoms with Gasteiger partial charge in [-0.05, 0) is 29.8 Å². The molecule has 2 aromatic carbocycles. The van der Waals surface area contributed by atoms with Crippen molar-refractivity contribution in [1.82, 2.24) is 10.2 Å². The highest BCUT2D eigenvalue weighted by Gasteiger charge is 2.28. The van der Waals surface area contributed by atoms with Gasteiger partial charge in [0.25, 0.3) is 17.6 Å². The number of H-pyrrole nitrogens is 1. The van der Waals surface area contributed by atoms with Crippen molar-refractivity contribution >= 4 is 23.7 Å². The fraction of sp³-hybridized carbons (Fsp3) is 0.160. The van der Waals surface area contributed by atoms with Gasteiger partial charge in [-0.25, -0.2) is 4.98 Å². The second kappa shape index (κ2) is 9.71. The molecule has 0 saturated carbocycles. The summed E-state index contributed by atoms with van der Waals surface area (Å²) in [6.45, 7) is 2.60. The number of piperazine rings is 1. The second-order valence-electron chi connectivity index (χ2n) is 7.32. The zero-order valence-corrected chi connectivity index (χ0v) is 17.2. The lowest BCUT2D eigenvalue weighted by molar-refractivity contribution is -0.364.